The summed E-state index contributed by atoms with van der Waals surface area (Å²) >= 11 is 0. The van der Waals surface area contributed by atoms with Gasteiger partial charge in [-0.05, 0) is 185 Å². The third-order valence-corrected chi connectivity index (χ3v) is 30.2. The fraction of sp³-hybridized carbons (Fsp3) is 1.00. The van der Waals surface area contributed by atoms with Crippen molar-refractivity contribution >= 4 is 100 Å². The van der Waals surface area contributed by atoms with Crippen LogP contribution >= 0.6 is 0 Å². The summed E-state index contributed by atoms with van der Waals surface area (Å²) < 4.78 is 254. The third-order valence-electron chi connectivity index (χ3n) is 15.7. The van der Waals surface area contributed by atoms with Gasteiger partial charge < -0.3 is 37.9 Å². The Labute approximate surface area is 651 Å². The number of ether oxygens (including phenoxy) is 8. The molecule has 107 heavy (non-hydrogen) atoms. The van der Waals surface area contributed by atoms with Gasteiger partial charge in [0.25, 0.3) is 0 Å². The highest BCUT2D eigenvalue weighted by Gasteiger charge is 2.29. The third kappa shape index (κ3) is 74.6. The minimum absolute atomic E-state index is 0. The molecule has 20 N–H and O–H groups in total. The fourth-order valence-electron chi connectivity index (χ4n) is 5.75. The molecule has 0 saturated carbocycles. The van der Waals surface area contributed by atoms with Gasteiger partial charge in [0, 0.05) is 41.2 Å². The first-order chi connectivity index (χ1) is 46.1. The molecule has 18 atom stereocenters. The first kappa shape index (κ1) is 132. The van der Waals surface area contributed by atoms with Crippen LogP contribution in [-0.4, -0.2) is 239 Å². The number of hydrogen-bond acceptors (Lipinski definition) is 28. The van der Waals surface area contributed by atoms with Crippen LogP contribution < -0.4 is 51.4 Å². The quantitative estimate of drug-likeness (QED) is 0.0450. The van der Waals surface area contributed by atoms with E-state index in [-0.39, 0.29) is 87.7 Å². The van der Waals surface area contributed by atoms with E-state index in [1.807, 2.05) is 76.2 Å². The molecule has 0 saturated heterocycles. The average molecular weight is 1770 g/mol. The van der Waals surface area contributed by atoms with Crippen LogP contribution in [0.4, 0.5) is 0 Å². The van der Waals surface area contributed by atoms with Gasteiger partial charge in [0.05, 0.1) is 114 Å². The molecule has 38 nitrogen and oxygen atoms in total. The van der Waals surface area contributed by atoms with Gasteiger partial charge in [-0.15, -0.1) is 0 Å². The van der Waals surface area contributed by atoms with Crippen LogP contribution in [0.5, 0.6) is 0 Å². The van der Waals surface area contributed by atoms with Crippen molar-refractivity contribution in [1.29, 1.82) is 0 Å². The first-order valence-corrected chi connectivity index (χ1v) is 49.1. The number of sulfonamides is 10. The molecule has 0 rings (SSSR count). The molecule has 0 aromatic rings. The van der Waals surface area contributed by atoms with Gasteiger partial charge >= 0.3 is 0 Å². The van der Waals surface area contributed by atoms with Gasteiger partial charge in [0.2, 0.25) is 100 Å². The molecule has 666 valence electrons. The zero-order valence-electron chi connectivity index (χ0n) is 68.1. The molecule has 0 fully saturated rings. The lowest BCUT2D eigenvalue weighted by Gasteiger charge is -2.20. The van der Waals surface area contributed by atoms with E-state index in [4.69, 9.17) is 89.3 Å². The molecular weight excluding hydrogens is 1620 g/mol. The number of methoxy groups -OCH3 is 3. The van der Waals surface area contributed by atoms with E-state index in [1.165, 1.54) is 62.9 Å². The van der Waals surface area contributed by atoms with Crippen LogP contribution in [0, 0.1) is 11.8 Å². The maximum Gasteiger partial charge on any atom is 0.214 e. The minimum Gasteiger partial charge on any atom is -0.380 e. The lowest BCUT2D eigenvalue weighted by atomic mass is 10.2. The highest BCUT2D eigenvalue weighted by Crippen LogP contribution is 2.13. The Balaban J connectivity index is -0.0000000936. The second-order valence-electron chi connectivity index (χ2n) is 25.5. The van der Waals surface area contributed by atoms with E-state index in [0.717, 1.165) is 0 Å². The summed E-state index contributed by atoms with van der Waals surface area (Å²) in [7, 11) is -29.9. The molecule has 0 aromatic heterocycles. The van der Waals surface area contributed by atoms with Gasteiger partial charge in [0.1, 0.15) is 0 Å². The summed E-state index contributed by atoms with van der Waals surface area (Å²) in [6.45, 7) is 50.6. The zero-order chi connectivity index (χ0) is 87.5. The normalized spacial score (nSPS) is 17.4. The molecule has 0 aliphatic carbocycles. The van der Waals surface area contributed by atoms with E-state index in [9.17, 15) is 84.2 Å². The van der Waals surface area contributed by atoms with Crippen LogP contribution in [0.15, 0.2) is 0 Å². The van der Waals surface area contributed by atoms with E-state index in [0.29, 0.717) is 19.8 Å². The maximum absolute atomic E-state index is 10.9. The number of hydrogen-bond donors (Lipinski definition) is 10. The average Bonchev–Trinajstić information content (AvgIpc) is 0.903. The van der Waals surface area contributed by atoms with Gasteiger partial charge in [0.15, 0.2) is 0 Å². The number of nitrogens with two attached hydrogens (primary N) is 10. The summed E-state index contributed by atoms with van der Waals surface area (Å²) in [5.74, 6) is 0.194. The van der Waals surface area contributed by atoms with Crippen molar-refractivity contribution in [2.75, 3.05) is 41.2 Å². The van der Waals surface area contributed by atoms with Crippen molar-refractivity contribution in [1.82, 2.24) is 0 Å². The van der Waals surface area contributed by atoms with Crippen LogP contribution in [0.25, 0.3) is 0 Å². The molecule has 0 aliphatic heterocycles. The van der Waals surface area contributed by atoms with Gasteiger partial charge in [-0.2, -0.15) is 0 Å². The Kier molecular flexibility index (Phi) is 75.5. The van der Waals surface area contributed by atoms with Crippen LogP contribution in [0.3, 0.4) is 0 Å². The molecule has 0 aromatic carbocycles. The predicted molar refractivity (Wildman–Crippen MR) is 433 cm³/mol. The van der Waals surface area contributed by atoms with E-state index in [1.54, 1.807) is 83.1 Å². The summed E-state index contributed by atoms with van der Waals surface area (Å²) in [5.41, 5.74) is 0. The Bertz CT molecular complexity index is 3150. The maximum atomic E-state index is 10.9. The summed E-state index contributed by atoms with van der Waals surface area (Å²) in [4.78, 5) is 0. The summed E-state index contributed by atoms with van der Waals surface area (Å²) in [6, 6.07) is 0. The molecule has 48 heteroatoms. The van der Waals surface area contributed by atoms with Crippen molar-refractivity contribution in [2.24, 2.45) is 63.2 Å². The summed E-state index contributed by atoms with van der Waals surface area (Å²) in [5, 5.41) is 42.8. The number of rotatable bonds is 33. The van der Waals surface area contributed by atoms with Crippen LogP contribution in [-0.2, 0) is 138 Å². The molecule has 0 spiro atoms. The Morgan fingerprint density at radius 2 is 0.318 bits per heavy atom. The van der Waals surface area contributed by atoms with E-state index >= 15 is 0 Å². The molecule has 0 unspecified atom stereocenters. The molecule has 0 heterocycles. The van der Waals surface area contributed by atoms with Gasteiger partial charge in [-0.25, -0.2) is 136 Å². The standard InChI is InChI=1S/2C7H17NO3S.3C6H15NO3S.3C5H13NO3S.2C5H13NO2S.2CH4/c2*1-5(2)11-6(3)7(4)12(8,9)10;3*1-4-10-5(2)6(3)11(7,8)9;3*1-4(9-3)5(2)10(6,7)8;2*1-4(2)5(3)9(6,7)8;;/h2*5-7H,1-4H3,(H2,8,9,10);3*5-6H,4H2,1-3H3,(H2,7,8,9);3*4-5H,1-3H3,(H2,6,7,8);2*4-5H,1-3H3,(H2,6,7,8);2*1H4/t6-,7+;6-,7-;5-,6+;2*5-,6-;2*4-,5+;4-,5-;2*5-;;/m1011010100../s1. The van der Waals surface area contributed by atoms with Crippen molar-refractivity contribution in [3.05, 3.63) is 0 Å². The van der Waals surface area contributed by atoms with Crippen LogP contribution in [0.2, 0.25) is 0 Å². The van der Waals surface area contributed by atoms with Gasteiger partial charge in [-0.3, -0.25) is 0 Å². The van der Waals surface area contributed by atoms with Crippen LogP contribution in [0.1, 0.15) is 216 Å². The van der Waals surface area contributed by atoms with E-state index < -0.39 is 153 Å². The largest absolute Gasteiger partial charge is 0.380 e. The predicted octanol–water partition coefficient (Wildman–Crippen LogP) is 2.22. The van der Waals surface area contributed by atoms with Crippen molar-refractivity contribution in [3.8, 4) is 0 Å². The Morgan fingerprint density at radius 3 is 0.383 bits per heavy atom. The van der Waals surface area contributed by atoms with Crippen molar-refractivity contribution in [3.63, 3.8) is 0 Å². The van der Waals surface area contributed by atoms with Crippen molar-refractivity contribution in [2.45, 2.75) is 329 Å². The Hall–Kier alpha value is -1.22. The molecule has 0 radical (unpaired) electrons. The van der Waals surface area contributed by atoms with Gasteiger partial charge in [-0.1, -0.05) is 42.5 Å². The molecule has 0 bridgehead atoms. The highest BCUT2D eigenvalue weighted by molar-refractivity contribution is 7.92. The number of primary sulfonamides is 10. The molecular formula is C59H152N10O28S10. The fourth-order valence-corrected chi connectivity index (χ4v) is 12.2. The highest BCUT2D eigenvalue weighted by atomic mass is 32.2. The smallest absolute Gasteiger partial charge is 0.214 e. The Morgan fingerprint density at radius 1 is 0.206 bits per heavy atom. The monoisotopic (exact) mass is 1770 g/mol. The van der Waals surface area contributed by atoms with Crippen molar-refractivity contribution < 1.29 is 122 Å². The van der Waals surface area contributed by atoms with E-state index in [2.05, 4.69) is 0 Å². The minimum atomic E-state index is -3.47. The zero-order valence-corrected chi connectivity index (χ0v) is 76.3. The topological polar surface area (TPSA) is 675 Å². The molecule has 0 amide bonds. The lowest BCUT2D eigenvalue weighted by molar-refractivity contribution is 0.0187. The second kappa shape index (κ2) is 61.2. The lowest BCUT2D eigenvalue weighted by Crippen LogP contribution is -2.37. The summed E-state index contributed by atoms with van der Waals surface area (Å²) in [6.07, 6.45) is -2.76. The molecule has 0 aliphatic rings. The SMILES string of the molecule is C.C.CC(C)O[C@@H](C)[C@H](C)S(N)(=O)=O.CC(C)O[C@H](C)[C@H](C)S(N)(=O)=O.CC(C)[C@H](C)S(N)(=O)=O.CC(C)[C@H](C)S(N)(=O)=O.CCO[C@@H](C)[C@H](C)S(N)(=O)=O.CCO[C@H](C)[C@@H](C)S(N)(=O)=O.CCO[C@H](C)[C@H](C)S(N)(=O)=O.CO[C@@H](C)[C@@H](C)S(N)(=O)=O.CO[C@H](C)[C@@H](C)S(N)(=O)=O.CO[C@H](C)[C@H](C)S(N)(=O)=O. The second-order valence-corrected chi connectivity index (χ2v) is 44.7. The first-order valence-electron chi connectivity index (χ1n) is 33.0.